The standard InChI is InChI=1S/C18H19ClN6O3/c1-11(19)8-9-25-14-15(23(2)18(28)24(3)16(14)27)21-17(25)22-20-10-12-4-6-13(26)7-5-12/h4-8,10,26H,9H2,1-3H3,(H,21,22)/b11-8?,20-10+. The molecule has 2 aromatic heterocycles. The van der Waals surface area contributed by atoms with E-state index in [0.29, 0.717) is 5.03 Å². The number of anilines is 1. The first-order valence-corrected chi connectivity index (χ1v) is 8.74. The molecule has 0 fully saturated rings. The van der Waals surface area contributed by atoms with Crippen LogP contribution in [0.4, 0.5) is 5.95 Å². The summed E-state index contributed by atoms with van der Waals surface area (Å²) in [6.07, 6.45) is 3.27. The second-order valence-electron chi connectivity index (χ2n) is 6.18. The fourth-order valence-electron chi connectivity index (χ4n) is 2.65. The number of aromatic hydroxyl groups is 1. The van der Waals surface area contributed by atoms with Crippen molar-refractivity contribution in [2.75, 3.05) is 5.43 Å². The molecule has 0 atom stereocenters. The summed E-state index contributed by atoms with van der Waals surface area (Å²) in [5.74, 6) is 0.449. The van der Waals surface area contributed by atoms with E-state index >= 15 is 0 Å². The summed E-state index contributed by atoms with van der Waals surface area (Å²) in [5.41, 5.74) is 3.15. The van der Waals surface area contributed by atoms with Crippen LogP contribution in [0.3, 0.4) is 0 Å². The molecule has 3 rings (SSSR count). The molecule has 10 heteroatoms. The highest BCUT2D eigenvalue weighted by Crippen LogP contribution is 2.16. The van der Waals surface area contributed by atoms with E-state index in [2.05, 4.69) is 15.5 Å². The van der Waals surface area contributed by atoms with E-state index in [1.165, 1.54) is 11.6 Å². The molecular weight excluding hydrogens is 384 g/mol. The summed E-state index contributed by atoms with van der Waals surface area (Å²) in [6.45, 7) is 2.00. The van der Waals surface area contributed by atoms with Gasteiger partial charge in [-0.25, -0.2) is 10.2 Å². The molecule has 3 aromatic rings. The van der Waals surface area contributed by atoms with Crippen LogP contribution in [0.15, 0.2) is 50.1 Å². The number of phenolic OH excluding ortho intramolecular Hbond substituents is 1. The van der Waals surface area contributed by atoms with E-state index < -0.39 is 11.2 Å². The lowest BCUT2D eigenvalue weighted by Gasteiger charge is -2.07. The lowest BCUT2D eigenvalue weighted by Crippen LogP contribution is -2.37. The maximum Gasteiger partial charge on any atom is 0.332 e. The predicted octanol–water partition coefficient (Wildman–Crippen LogP) is 1.73. The molecular formula is C18H19ClN6O3. The van der Waals surface area contributed by atoms with Crippen molar-refractivity contribution >= 4 is 34.9 Å². The Bertz CT molecular complexity index is 1200. The zero-order valence-corrected chi connectivity index (χ0v) is 16.3. The van der Waals surface area contributed by atoms with Crippen LogP contribution in [0.1, 0.15) is 12.5 Å². The van der Waals surface area contributed by atoms with Gasteiger partial charge in [-0.05, 0) is 36.8 Å². The van der Waals surface area contributed by atoms with Crippen LogP contribution in [0.25, 0.3) is 11.2 Å². The van der Waals surface area contributed by atoms with Crippen LogP contribution in [0, 0.1) is 0 Å². The Morgan fingerprint density at radius 1 is 1.25 bits per heavy atom. The van der Waals surface area contributed by atoms with Gasteiger partial charge in [0.25, 0.3) is 5.56 Å². The van der Waals surface area contributed by atoms with Crippen LogP contribution in [-0.4, -0.2) is 30.0 Å². The zero-order valence-electron chi connectivity index (χ0n) is 15.5. The summed E-state index contributed by atoms with van der Waals surface area (Å²) < 4.78 is 3.94. The fourth-order valence-corrected chi connectivity index (χ4v) is 2.72. The van der Waals surface area contributed by atoms with Crippen molar-refractivity contribution in [3.05, 3.63) is 61.8 Å². The molecule has 0 amide bonds. The molecule has 0 unspecified atom stereocenters. The maximum absolute atomic E-state index is 12.7. The molecule has 0 saturated carbocycles. The number of rotatable bonds is 5. The van der Waals surface area contributed by atoms with Crippen molar-refractivity contribution in [1.82, 2.24) is 18.7 Å². The van der Waals surface area contributed by atoms with E-state index in [1.807, 2.05) is 0 Å². The van der Waals surface area contributed by atoms with Gasteiger partial charge in [0.05, 0.1) is 6.21 Å². The van der Waals surface area contributed by atoms with E-state index in [4.69, 9.17) is 11.6 Å². The molecule has 0 radical (unpaired) electrons. The Morgan fingerprint density at radius 3 is 2.57 bits per heavy atom. The number of phenols is 1. The third-order valence-corrected chi connectivity index (χ3v) is 4.33. The van der Waals surface area contributed by atoms with Crippen molar-refractivity contribution < 1.29 is 5.11 Å². The number of halogens is 1. The van der Waals surface area contributed by atoms with Gasteiger partial charge in [0.15, 0.2) is 11.2 Å². The number of aromatic nitrogens is 4. The highest BCUT2D eigenvalue weighted by Gasteiger charge is 2.18. The number of imidazole rings is 1. The molecule has 0 aliphatic carbocycles. The minimum Gasteiger partial charge on any atom is -0.508 e. The number of hydrogen-bond donors (Lipinski definition) is 2. The minimum absolute atomic E-state index is 0.159. The Kier molecular flexibility index (Phi) is 5.36. The molecule has 0 bridgehead atoms. The van der Waals surface area contributed by atoms with Gasteiger partial charge in [-0.15, -0.1) is 0 Å². The molecule has 1 aromatic carbocycles. The van der Waals surface area contributed by atoms with Crippen molar-refractivity contribution in [2.24, 2.45) is 19.2 Å². The maximum atomic E-state index is 12.7. The molecule has 9 nitrogen and oxygen atoms in total. The molecule has 28 heavy (non-hydrogen) atoms. The first-order chi connectivity index (χ1) is 13.3. The zero-order chi connectivity index (χ0) is 20.4. The second-order valence-corrected chi connectivity index (χ2v) is 6.77. The first-order valence-electron chi connectivity index (χ1n) is 8.36. The van der Waals surface area contributed by atoms with Gasteiger partial charge in [-0.1, -0.05) is 17.7 Å². The largest absolute Gasteiger partial charge is 0.508 e. The van der Waals surface area contributed by atoms with Gasteiger partial charge in [0.2, 0.25) is 5.95 Å². The lowest BCUT2D eigenvalue weighted by molar-refractivity contribution is 0.475. The number of allylic oxidation sites excluding steroid dienone is 2. The van der Waals surface area contributed by atoms with E-state index in [-0.39, 0.29) is 29.4 Å². The van der Waals surface area contributed by atoms with E-state index in [9.17, 15) is 14.7 Å². The number of benzene rings is 1. The van der Waals surface area contributed by atoms with Crippen molar-refractivity contribution in [3.63, 3.8) is 0 Å². The molecule has 2 N–H and O–H groups in total. The van der Waals surface area contributed by atoms with E-state index in [0.717, 1.165) is 10.1 Å². The van der Waals surface area contributed by atoms with Gasteiger partial charge < -0.3 is 5.11 Å². The summed E-state index contributed by atoms with van der Waals surface area (Å²) in [5, 5.41) is 14.0. The molecule has 0 spiro atoms. The first kappa shape index (κ1) is 19.4. The molecule has 0 saturated heterocycles. The average Bonchev–Trinajstić information content (AvgIpc) is 3.03. The van der Waals surface area contributed by atoms with Crippen molar-refractivity contribution in [1.29, 1.82) is 0 Å². The Hall–Kier alpha value is -3.33. The Balaban J connectivity index is 2.08. The third kappa shape index (κ3) is 3.70. The third-order valence-electron chi connectivity index (χ3n) is 4.17. The summed E-state index contributed by atoms with van der Waals surface area (Å²) in [6, 6.07) is 6.49. The molecule has 146 valence electrons. The van der Waals surface area contributed by atoms with Crippen molar-refractivity contribution in [3.8, 4) is 5.75 Å². The fraction of sp³-hybridized carbons (Fsp3) is 0.222. The molecule has 2 heterocycles. The quantitative estimate of drug-likeness (QED) is 0.499. The van der Waals surface area contributed by atoms with Gasteiger partial charge in [0, 0.05) is 25.7 Å². The monoisotopic (exact) mass is 402 g/mol. The number of hydrazone groups is 1. The smallest absolute Gasteiger partial charge is 0.332 e. The minimum atomic E-state index is -0.467. The average molecular weight is 403 g/mol. The predicted molar refractivity (Wildman–Crippen MR) is 109 cm³/mol. The molecule has 0 aliphatic heterocycles. The van der Waals surface area contributed by atoms with E-state index in [1.54, 1.807) is 55.1 Å². The van der Waals surface area contributed by atoms with Crippen LogP contribution in [0.5, 0.6) is 5.75 Å². The second kappa shape index (κ2) is 7.73. The highest BCUT2D eigenvalue weighted by molar-refractivity contribution is 6.29. The van der Waals surface area contributed by atoms with Gasteiger partial charge in [0.1, 0.15) is 5.75 Å². The van der Waals surface area contributed by atoms with Gasteiger partial charge in [-0.3, -0.25) is 18.5 Å². The number of hydrogen-bond acceptors (Lipinski definition) is 6. The van der Waals surface area contributed by atoms with Crippen LogP contribution in [-0.2, 0) is 20.6 Å². The topological polar surface area (TPSA) is 106 Å². The van der Waals surface area contributed by atoms with Gasteiger partial charge in [-0.2, -0.15) is 10.1 Å². The number of aryl methyl sites for hydroxylation is 1. The number of fused-ring (bicyclic) bond motifs is 1. The Labute approximate surface area is 164 Å². The Morgan fingerprint density at radius 2 is 1.93 bits per heavy atom. The number of nitrogens with one attached hydrogen (secondary N) is 1. The number of nitrogens with zero attached hydrogens (tertiary/aromatic N) is 5. The molecule has 0 aliphatic rings. The summed E-state index contributed by atoms with van der Waals surface area (Å²) >= 11 is 5.94. The summed E-state index contributed by atoms with van der Waals surface area (Å²) in [7, 11) is 2.97. The lowest BCUT2D eigenvalue weighted by atomic mass is 10.2. The summed E-state index contributed by atoms with van der Waals surface area (Å²) in [4.78, 5) is 29.2. The SMILES string of the molecule is CC(Cl)=CCn1c(N/N=C/c2ccc(O)cc2)nc2c1c(=O)n(C)c(=O)n2C. The van der Waals surface area contributed by atoms with Crippen molar-refractivity contribution in [2.45, 2.75) is 13.5 Å². The van der Waals surface area contributed by atoms with Crippen LogP contribution >= 0.6 is 11.6 Å². The highest BCUT2D eigenvalue weighted by atomic mass is 35.5. The van der Waals surface area contributed by atoms with Crippen LogP contribution in [0.2, 0.25) is 0 Å². The normalized spacial score (nSPS) is 12.2. The van der Waals surface area contributed by atoms with Gasteiger partial charge >= 0.3 is 5.69 Å². The van der Waals surface area contributed by atoms with Crippen LogP contribution < -0.4 is 16.7 Å².